The van der Waals surface area contributed by atoms with E-state index in [1.54, 1.807) is 24.3 Å². The third-order valence-electron chi connectivity index (χ3n) is 2.37. The lowest BCUT2D eigenvalue weighted by atomic mass is 10.1. The van der Waals surface area contributed by atoms with Crippen molar-refractivity contribution >= 4 is 5.97 Å². The van der Waals surface area contributed by atoms with Crippen molar-refractivity contribution in [1.29, 1.82) is 0 Å². The van der Waals surface area contributed by atoms with Crippen molar-refractivity contribution in [1.82, 2.24) is 0 Å². The van der Waals surface area contributed by atoms with Crippen molar-refractivity contribution in [3.63, 3.8) is 0 Å². The first kappa shape index (κ1) is 13.5. The second-order valence-electron chi connectivity index (χ2n) is 3.86. The Kier molecular flexibility index (Phi) is 5.46. The largest absolute Gasteiger partial charge is 0.494 e. The van der Waals surface area contributed by atoms with E-state index < -0.39 is 12.1 Å². The molecule has 0 bridgehead atoms. The van der Waals surface area contributed by atoms with Crippen LogP contribution in [0.5, 0.6) is 5.75 Å². The number of halogens is 1. The highest BCUT2D eigenvalue weighted by Gasteiger charge is 2.15. The van der Waals surface area contributed by atoms with E-state index in [1.165, 1.54) is 0 Å². The molecule has 1 aromatic rings. The first-order valence-corrected chi connectivity index (χ1v) is 5.72. The van der Waals surface area contributed by atoms with E-state index in [4.69, 9.17) is 9.84 Å². The fraction of sp³-hybridized carbons (Fsp3) is 0.462. The van der Waals surface area contributed by atoms with Gasteiger partial charge < -0.3 is 9.84 Å². The Bertz CT molecular complexity index is 348. The zero-order valence-corrected chi connectivity index (χ0v) is 9.86. The molecule has 3 nitrogen and oxygen atoms in total. The molecule has 0 amide bonds. The van der Waals surface area contributed by atoms with E-state index >= 15 is 0 Å². The zero-order valence-electron chi connectivity index (χ0n) is 9.86. The molecule has 1 unspecified atom stereocenters. The molecule has 0 heterocycles. The van der Waals surface area contributed by atoms with Gasteiger partial charge in [-0.2, -0.15) is 0 Å². The Balaban J connectivity index is 2.47. The number of aliphatic carboxylic acids is 1. The summed E-state index contributed by atoms with van der Waals surface area (Å²) in [6.07, 6.45) is 0.111. The van der Waals surface area contributed by atoms with E-state index in [9.17, 15) is 9.18 Å². The highest BCUT2D eigenvalue weighted by molar-refractivity contribution is 5.72. The van der Waals surface area contributed by atoms with Gasteiger partial charge in [0.1, 0.15) is 5.75 Å². The number of carbonyl (C=O) groups is 1. The smallest absolute Gasteiger partial charge is 0.338 e. The lowest BCUT2D eigenvalue weighted by molar-refractivity contribution is -0.142. The Morgan fingerprint density at radius 3 is 2.59 bits per heavy atom. The SMILES string of the molecule is CCCCOc1ccc(CC(F)C(=O)O)cc1. The van der Waals surface area contributed by atoms with Gasteiger partial charge in [0, 0.05) is 6.42 Å². The second kappa shape index (κ2) is 6.89. The van der Waals surface area contributed by atoms with Crippen LogP contribution in [0.3, 0.4) is 0 Å². The monoisotopic (exact) mass is 240 g/mol. The predicted octanol–water partition coefficient (Wildman–Crippen LogP) is 2.83. The molecule has 1 N–H and O–H groups in total. The fourth-order valence-electron chi connectivity index (χ4n) is 1.35. The number of alkyl halides is 1. The van der Waals surface area contributed by atoms with Crippen LogP contribution in [-0.4, -0.2) is 23.9 Å². The van der Waals surface area contributed by atoms with Gasteiger partial charge in [-0.25, -0.2) is 9.18 Å². The van der Waals surface area contributed by atoms with Gasteiger partial charge in [-0.05, 0) is 24.1 Å². The molecule has 0 saturated heterocycles. The minimum absolute atomic E-state index is 0.107. The molecule has 0 radical (unpaired) electrons. The molecule has 0 fully saturated rings. The summed E-state index contributed by atoms with van der Waals surface area (Å²) in [5.41, 5.74) is 0.655. The predicted molar refractivity (Wildman–Crippen MR) is 63.1 cm³/mol. The Labute approximate surface area is 100 Å². The molecule has 0 saturated carbocycles. The number of carboxylic acid groups (broad SMARTS) is 1. The summed E-state index contributed by atoms with van der Waals surface area (Å²) in [6, 6.07) is 6.85. The highest BCUT2D eigenvalue weighted by atomic mass is 19.1. The van der Waals surface area contributed by atoms with Gasteiger partial charge in [-0.1, -0.05) is 25.5 Å². The standard InChI is InChI=1S/C13H17FO3/c1-2-3-8-17-11-6-4-10(5-7-11)9-12(14)13(15)16/h4-7,12H,2-3,8-9H2,1H3,(H,15,16). The van der Waals surface area contributed by atoms with Crippen molar-refractivity contribution in [2.45, 2.75) is 32.4 Å². The number of unbranched alkanes of at least 4 members (excludes halogenated alkanes) is 1. The van der Waals surface area contributed by atoms with Crippen LogP contribution in [0.4, 0.5) is 4.39 Å². The van der Waals surface area contributed by atoms with Crippen LogP contribution in [-0.2, 0) is 11.2 Å². The second-order valence-corrected chi connectivity index (χ2v) is 3.86. The minimum atomic E-state index is -1.85. The molecule has 4 heteroatoms. The van der Waals surface area contributed by atoms with Crippen LogP contribution >= 0.6 is 0 Å². The van der Waals surface area contributed by atoms with Gasteiger partial charge >= 0.3 is 5.97 Å². The van der Waals surface area contributed by atoms with E-state index in [0.717, 1.165) is 18.6 Å². The maximum Gasteiger partial charge on any atom is 0.338 e. The maximum atomic E-state index is 12.9. The summed E-state index contributed by atoms with van der Waals surface area (Å²) in [7, 11) is 0. The molecule has 1 atom stereocenters. The van der Waals surface area contributed by atoms with Crippen LogP contribution < -0.4 is 4.74 Å². The van der Waals surface area contributed by atoms with Crippen molar-refractivity contribution < 1.29 is 19.0 Å². The van der Waals surface area contributed by atoms with E-state index in [1.807, 2.05) is 0 Å². The van der Waals surface area contributed by atoms with E-state index in [2.05, 4.69) is 6.92 Å². The normalized spacial score (nSPS) is 12.1. The summed E-state index contributed by atoms with van der Waals surface area (Å²) in [5, 5.41) is 8.44. The number of benzene rings is 1. The van der Waals surface area contributed by atoms with Crippen molar-refractivity contribution in [3.05, 3.63) is 29.8 Å². The molecule has 0 aliphatic rings. The Morgan fingerprint density at radius 2 is 2.06 bits per heavy atom. The van der Waals surface area contributed by atoms with Crippen LogP contribution in [0, 0.1) is 0 Å². The number of rotatable bonds is 7. The molecule has 1 aromatic carbocycles. The number of carboxylic acids is 1. The van der Waals surface area contributed by atoms with E-state index in [-0.39, 0.29) is 6.42 Å². The molecule has 0 aliphatic heterocycles. The number of hydrogen-bond acceptors (Lipinski definition) is 2. The quantitative estimate of drug-likeness (QED) is 0.745. The van der Waals surface area contributed by atoms with Crippen LogP contribution in [0.1, 0.15) is 25.3 Å². The topological polar surface area (TPSA) is 46.5 Å². The molecule has 0 aliphatic carbocycles. The zero-order chi connectivity index (χ0) is 12.7. The minimum Gasteiger partial charge on any atom is -0.494 e. The lowest BCUT2D eigenvalue weighted by Gasteiger charge is -2.07. The molecule has 1 rings (SSSR count). The summed E-state index contributed by atoms with van der Waals surface area (Å²) >= 11 is 0. The Morgan fingerprint density at radius 1 is 1.41 bits per heavy atom. The van der Waals surface area contributed by atoms with Crippen molar-refractivity contribution in [3.8, 4) is 5.75 Å². The van der Waals surface area contributed by atoms with Crippen LogP contribution in [0.2, 0.25) is 0 Å². The van der Waals surface area contributed by atoms with E-state index in [0.29, 0.717) is 12.2 Å². The van der Waals surface area contributed by atoms with Gasteiger partial charge in [0.2, 0.25) is 6.17 Å². The highest BCUT2D eigenvalue weighted by Crippen LogP contribution is 2.14. The average molecular weight is 240 g/mol. The summed E-state index contributed by atoms with van der Waals surface area (Å²) in [6.45, 7) is 2.75. The molecule has 94 valence electrons. The van der Waals surface area contributed by atoms with Crippen LogP contribution in [0.15, 0.2) is 24.3 Å². The first-order chi connectivity index (χ1) is 8.13. The fourth-order valence-corrected chi connectivity index (χ4v) is 1.35. The summed E-state index contributed by atoms with van der Waals surface area (Å²) < 4.78 is 18.4. The third kappa shape index (κ3) is 4.85. The average Bonchev–Trinajstić information content (AvgIpc) is 2.31. The number of ether oxygens (including phenoxy) is 1. The van der Waals surface area contributed by atoms with Gasteiger partial charge in [0.15, 0.2) is 0 Å². The Hall–Kier alpha value is -1.58. The lowest BCUT2D eigenvalue weighted by Crippen LogP contribution is -2.17. The van der Waals surface area contributed by atoms with Gasteiger partial charge in [0.25, 0.3) is 0 Å². The molecule has 17 heavy (non-hydrogen) atoms. The van der Waals surface area contributed by atoms with Gasteiger partial charge in [-0.3, -0.25) is 0 Å². The van der Waals surface area contributed by atoms with Gasteiger partial charge in [-0.15, -0.1) is 0 Å². The molecular weight excluding hydrogens is 223 g/mol. The van der Waals surface area contributed by atoms with Crippen LogP contribution in [0.25, 0.3) is 0 Å². The summed E-state index contributed by atoms with van der Waals surface area (Å²) in [5.74, 6) is -0.693. The van der Waals surface area contributed by atoms with Crippen molar-refractivity contribution in [2.75, 3.05) is 6.61 Å². The number of hydrogen-bond donors (Lipinski definition) is 1. The molecule has 0 aromatic heterocycles. The third-order valence-corrected chi connectivity index (χ3v) is 2.37. The van der Waals surface area contributed by atoms with Crippen molar-refractivity contribution in [2.24, 2.45) is 0 Å². The maximum absolute atomic E-state index is 12.9. The van der Waals surface area contributed by atoms with Gasteiger partial charge in [0.05, 0.1) is 6.61 Å². The summed E-state index contributed by atoms with van der Waals surface area (Å²) in [4.78, 5) is 10.3. The first-order valence-electron chi connectivity index (χ1n) is 5.72. The molecule has 0 spiro atoms. The molecular formula is C13H17FO3.